The highest BCUT2D eigenvalue weighted by atomic mass is 32.1. The van der Waals surface area contributed by atoms with Gasteiger partial charge in [0.15, 0.2) is 6.29 Å². The fourth-order valence-corrected chi connectivity index (χ4v) is 2.89. The van der Waals surface area contributed by atoms with Crippen molar-refractivity contribution in [1.82, 2.24) is 0 Å². The second kappa shape index (κ2) is 3.93. The van der Waals surface area contributed by atoms with Crippen LogP contribution in [0, 0.1) is 5.41 Å². The Balaban J connectivity index is 2.30. The number of aldehydes is 1. The van der Waals surface area contributed by atoms with E-state index < -0.39 is 0 Å². The molecule has 1 aromatic rings. The summed E-state index contributed by atoms with van der Waals surface area (Å²) in [7, 11) is 0. The minimum absolute atomic E-state index is 0.316. The van der Waals surface area contributed by atoms with Crippen molar-refractivity contribution >= 4 is 23.2 Å². The fraction of sp³-hybridized carbons (Fsp3) is 0.462. The molecule has 0 bridgehead atoms. The zero-order chi connectivity index (χ0) is 10.9. The molecule has 0 unspecified atom stereocenters. The van der Waals surface area contributed by atoms with Crippen LogP contribution in [0.5, 0.6) is 0 Å². The summed E-state index contributed by atoms with van der Waals surface area (Å²) >= 11 is 1.53. The predicted octanol–water partition coefficient (Wildman–Crippen LogP) is 4.15. The maximum Gasteiger partial charge on any atom is 0.160 e. The van der Waals surface area contributed by atoms with Crippen LogP contribution in [0.25, 0.3) is 5.57 Å². The number of hydrogen-bond acceptors (Lipinski definition) is 2. The van der Waals surface area contributed by atoms with E-state index in [1.54, 1.807) is 0 Å². The average molecular weight is 220 g/mol. The molecule has 1 nitrogen and oxygen atoms in total. The number of allylic oxidation sites excluding steroid dienone is 2. The topological polar surface area (TPSA) is 17.1 Å². The van der Waals surface area contributed by atoms with Gasteiger partial charge in [0.2, 0.25) is 0 Å². The lowest BCUT2D eigenvalue weighted by Gasteiger charge is -2.27. The number of carbonyl (C=O) groups excluding carboxylic acids is 1. The fourth-order valence-electron chi connectivity index (χ4n) is 2.16. The largest absolute Gasteiger partial charge is 0.297 e. The molecule has 1 aliphatic rings. The standard InChI is InChI=1S/C13H16OS/c1-13(2)5-3-4-10(7-13)11-6-12(8-14)15-9-11/h6-9H,3-5H2,1-2H3. The normalized spacial score (nSPS) is 19.7. The molecule has 0 amide bonds. The first-order valence-electron chi connectivity index (χ1n) is 5.36. The number of rotatable bonds is 2. The Bertz CT molecular complexity index is 398. The summed E-state index contributed by atoms with van der Waals surface area (Å²) in [6, 6.07) is 2.00. The molecule has 80 valence electrons. The Morgan fingerprint density at radius 1 is 1.47 bits per heavy atom. The van der Waals surface area contributed by atoms with Gasteiger partial charge in [-0.3, -0.25) is 4.79 Å². The molecule has 2 heteroatoms. The quantitative estimate of drug-likeness (QED) is 0.684. The molecule has 15 heavy (non-hydrogen) atoms. The van der Waals surface area contributed by atoms with Crippen LogP contribution in [0.3, 0.4) is 0 Å². The molecule has 2 rings (SSSR count). The second-order valence-electron chi connectivity index (χ2n) is 4.87. The second-order valence-corrected chi connectivity index (χ2v) is 5.81. The van der Waals surface area contributed by atoms with Gasteiger partial charge >= 0.3 is 0 Å². The minimum atomic E-state index is 0.316. The van der Waals surface area contributed by atoms with Gasteiger partial charge in [-0.05, 0) is 47.3 Å². The molecule has 0 saturated heterocycles. The van der Waals surface area contributed by atoms with Crippen molar-refractivity contribution in [1.29, 1.82) is 0 Å². The third kappa shape index (κ3) is 2.37. The van der Waals surface area contributed by atoms with Gasteiger partial charge in [0.25, 0.3) is 0 Å². The number of thiophene rings is 1. The summed E-state index contributed by atoms with van der Waals surface area (Å²) in [4.78, 5) is 11.4. The van der Waals surface area contributed by atoms with Crippen molar-refractivity contribution in [2.45, 2.75) is 33.1 Å². The average Bonchev–Trinajstić information content (AvgIpc) is 2.64. The van der Waals surface area contributed by atoms with Crippen molar-refractivity contribution < 1.29 is 4.79 Å². The smallest absolute Gasteiger partial charge is 0.160 e. The summed E-state index contributed by atoms with van der Waals surface area (Å²) in [5.74, 6) is 0. The van der Waals surface area contributed by atoms with E-state index in [0.29, 0.717) is 5.41 Å². The molecule has 1 aromatic heterocycles. The third-order valence-electron chi connectivity index (χ3n) is 2.94. The molecule has 0 fully saturated rings. The van der Waals surface area contributed by atoms with E-state index in [9.17, 15) is 4.79 Å². The van der Waals surface area contributed by atoms with Gasteiger partial charge < -0.3 is 0 Å². The van der Waals surface area contributed by atoms with E-state index in [4.69, 9.17) is 0 Å². The monoisotopic (exact) mass is 220 g/mol. The minimum Gasteiger partial charge on any atom is -0.297 e. The molecule has 0 atom stereocenters. The van der Waals surface area contributed by atoms with Crippen LogP contribution >= 0.6 is 11.3 Å². The van der Waals surface area contributed by atoms with E-state index in [1.807, 2.05) is 6.07 Å². The molecule has 0 aromatic carbocycles. The Morgan fingerprint density at radius 2 is 2.27 bits per heavy atom. The van der Waals surface area contributed by atoms with Crippen molar-refractivity contribution in [2.24, 2.45) is 5.41 Å². The van der Waals surface area contributed by atoms with Gasteiger partial charge in [0.1, 0.15) is 0 Å². The lowest BCUT2D eigenvalue weighted by molar-refractivity contribution is 0.112. The predicted molar refractivity (Wildman–Crippen MR) is 65.3 cm³/mol. The van der Waals surface area contributed by atoms with Gasteiger partial charge in [-0.15, -0.1) is 11.3 Å². The summed E-state index contributed by atoms with van der Waals surface area (Å²) in [6.07, 6.45) is 6.97. The maximum absolute atomic E-state index is 10.6. The van der Waals surface area contributed by atoms with Crippen LogP contribution < -0.4 is 0 Å². The highest BCUT2D eigenvalue weighted by Gasteiger charge is 2.21. The van der Waals surface area contributed by atoms with E-state index in [1.165, 1.54) is 35.3 Å². The first kappa shape index (κ1) is 10.6. The van der Waals surface area contributed by atoms with Gasteiger partial charge in [0, 0.05) is 0 Å². The molecule has 0 saturated carbocycles. The summed E-state index contributed by atoms with van der Waals surface area (Å²) in [6.45, 7) is 4.55. The molecule has 0 aliphatic heterocycles. The molecular formula is C13H16OS. The highest BCUT2D eigenvalue weighted by molar-refractivity contribution is 7.11. The van der Waals surface area contributed by atoms with Gasteiger partial charge in [0.05, 0.1) is 4.88 Å². The maximum atomic E-state index is 10.6. The SMILES string of the molecule is CC1(C)C=C(c2csc(C=O)c2)CCC1. The van der Waals surface area contributed by atoms with E-state index in [0.717, 1.165) is 17.6 Å². The van der Waals surface area contributed by atoms with Crippen LogP contribution in [-0.4, -0.2) is 6.29 Å². The van der Waals surface area contributed by atoms with Crippen LogP contribution in [0.2, 0.25) is 0 Å². The Kier molecular flexibility index (Phi) is 2.79. The molecule has 0 N–H and O–H groups in total. The summed E-state index contributed by atoms with van der Waals surface area (Å²) in [5, 5.41) is 2.09. The summed E-state index contributed by atoms with van der Waals surface area (Å²) in [5.41, 5.74) is 2.97. The molecule has 1 aliphatic carbocycles. The van der Waals surface area contributed by atoms with Crippen molar-refractivity contribution in [3.05, 3.63) is 28.0 Å². The number of hydrogen-bond donors (Lipinski definition) is 0. The van der Waals surface area contributed by atoms with Crippen LogP contribution in [-0.2, 0) is 0 Å². The summed E-state index contributed by atoms with van der Waals surface area (Å²) < 4.78 is 0. The van der Waals surface area contributed by atoms with E-state index >= 15 is 0 Å². The van der Waals surface area contributed by atoms with Gasteiger partial charge in [-0.25, -0.2) is 0 Å². The molecular weight excluding hydrogens is 204 g/mol. The highest BCUT2D eigenvalue weighted by Crippen LogP contribution is 2.38. The van der Waals surface area contributed by atoms with Crippen LogP contribution in [0.15, 0.2) is 17.5 Å². The Hall–Kier alpha value is -0.890. The first-order chi connectivity index (χ1) is 7.11. The van der Waals surface area contributed by atoms with E-state index in [-0.39, 0.29) is 0 Å². The molecule has 1 heterocycles. The zero-order valence-corrected chi connectivity index (χ0v) is 10.1. The van der Waals surface area contributed by atoms with E-state index in [2.05, 4.69) is 25.3 Å². The first-order valence-corrected chi connectivity index (χ1v) is 6.24. The van der Waals surface area contributed by atoms with Crippen molar-refractivity contribution in [2.75, 3.05) is 0 Å². The molecule has 0 spiro atoms. The lowest BCUT2D eigenvalue weighted by Crippen LogP contribution is -2.12. The third-order valence-corrected chi connectivity index (χ3v) is 3.80. The Morgan fingerprint density at radius 3 is 2.87 bits per heavy atom. The number of carbonyl (C=O) groups is 1. The molecule has 0 radical (unpaired) electrons. The van der Waals surface area contributed by atoms with Crippen molar-refractivity contribution in [3.63, 3.8) is 0 Å². The van der Waals surface area contributed by atoms with Crippen LogP contribution in [0.1, 0.15) is 48.3 Å². The van der Waals surface area contributed by atoms with Crippen molar-refractivity contribution in [3.8, 4) is 0 Å². The zero-order valence-electron chi connectivity index (χ0n) is 9.25. The lowest BCUT2D eigenvalue weighted by atomic mass is 9.78. The Labute approximate surface area is 94.8 Å². The van der Waals surface area contributed by atoms with Crippen LogP contribution in [0.4, 0.5) is 0 Å². The van der Waals surface area contributed by atoms with Gasteiger partial charge in [-0.2, -0.15) is 0 Å². The van der Waals surface area contributed by atoms with Gasteiger partial charge in [-0.1, -0.05) is 19.9 Å².